The van der Waals surface area contributed by atoms with Gasteiger partial charge in [0.15, 0.2) is 23.0 Å². The second-order valence-electron chi connectivity index (χ2n) is 6.09. The maximum absolute atomic E-state index is 10.7. The second kappa shape index (κ2) is 7.61. The van der Waals surface area contributed by atoms with Gasteiger partial charge >= 0.3 is 0 Å². The van der Waals surface area contributed by atoms with Gasteiger partial charge in [0.05, 0.1) is 34.1 Å². The molecule has 0 amide bonds. The van der Waals surface area contributed by atoms with Gasteiger partial charge in [0.2, 0.25) is 5.75 Å². The molecule has 1 heterocycles. The third-order valence-electron chi connectivity index (χ3n) is 4.73. The number of benzene rings is 2. The van der Waals surface area contributed by atoms with Crippen LogP contribution in [0.3, 0.4) is 0 Å². The van der Waals surface area contributed by atoms with E-state index in [0.717, 1.165) is 16.5 Å². The number of pyridine rings is 1. The van der Waals surface area contributed by atoms with E-state index in [1.807, 2.05) is 31.2 Å². The Hall–Kier alpha value is -3.15. The van der Waals surface area contributed by atoms with Crippen LogP contribution in [0.5, 0.6) is 28.7 Å². The fourth-order valence-corrected chi connectivity index (χ4v) is 3.29. The monoisotopic (exact) mass is 369 g/mol. The van der Waals surface area contributed by atoms with Crippen molar-refractivity contribution >= 4 is 10.8 Å². The molecule has 6 nitrogen and oxygen atoms in total. The van der Waals surface area contributed by atoms with Gasteiger partial charge in [-0.2, -0.15) is 0 Å². The minimum absolute atomic E-state index is 0.0450. The van der Waals surface area contributed by atoms with E-state index in [4.69, 9.17) is 18.9 Å². The molecule has 1 N–H and O–H groups in total. The van der Waals surface area contributed by atoms with Gasteiger partial charge in [-0.15, -0.1) is 0 Å². The normalized spacial score (nSPS) is 11.9. The van der Waals surface area contributed by atoms with Crippen LogP contribution in [0.15, 0.2) is 36.5 Å². The van der Waals surface area contributed by atoms with Gasteiger partial charge in [-0.05, 0) is 29.7 Å². The Morgan fingerprint density at radius 3 is 2.15 bits per heavy atom. The second-order valence-corrected chi connectivity index (χ2v) is 6.09. The predicted octanol–water partition coefficient (Wildman–Crippen LogP) is 4.13. The highest BCUT2D eigenvalue weighted by atomic mass is 16.5. The van der Waals surface area contributed by atoms with Gasteiger partial charge in [0.25, 0.3) is 0 Å². The molecular formula is C21H23NO5. The van der Waals surface area contributed by atoms with Crippen LogP contribution in [0.4, 0.5) is 0 Å². The van der Waals surface area contributed by atoms with Crippen LogP contribution >= 0.6 is 0 Å². The molecule has 0 fully saturated rings. The summed E-state index contributed by atoms with van der Waals surface area (Å²) in [6, 6.07) is 9.34. The number of hydrogen-bond acceptors (Lipinski definition) is 6. The number of methoxy groups -OCH3 is 4. The zero-order valence-corrected chi connectivity index (χ0v) is 16.1. The highest BCUT2D eigenvalue weighted by molar-refractivity contribution is 5.88. The Kier molecular flexibility index (Phi) is 5.26. The molecule has 3 aromatic rings. The summed E-state index contributed by atoms with van der Waals surface area (Å²) < 4.78 is 21.4. The minimum atomic E-state index is -0.188. The number of nitrogens with zero attached hydrogens (tertiary/aromatic N) is 1. The molecule has 0 aliphatic rings. The van der Waals surface area contributed by atoms with E-state index < -0.39 is 0 Å². The highest BCUT2D eigenvalue weighted by Gasteiger charge is 2.22. The number of fused-ring (bicyclic) bond motifs is 1. The molecule has 0 radical (unpaired) electrons. The van der Waals surface area contributed by atoms with Crippen LogP contribution < -0.4 is 18.9 Å². The minimum Gasteiger partial charge on any atom is -0.504 e. The fourth-order valence-electron chi connectivity index (χ4n) is 3.29. The van der Waals surface area contributed by atoms with Crippen molar-refractivity contribution in [3.63, 3.8) is 0 Å². The zero-order valence-electron chi connectivity index (χ0n) is 16.1. The van der Waals surface area contributed by atoms with Crippen molar-refractivity contribution in [2.75, 3.05) is 28.4 Å². The van der Waals surface area contributed by atoms with Crippen molar-refractivity contribution in [3.05, 3.63) is 47.8 Å². The van der Waals surface area contributed by atoms with Gasteiger partial charge in [-0.25, -0.2) is 0 Å². The molecule has 6 heteroatoms. The van der Waals surface area contributed by atoms with Crippen LogP contribution in [-0.4, -0.2) is 38.5 Å². The lowest BCUT2D eigenvalue weighted by Crippen LogP contribution is -2.03. The summed E-state index contributed by atoms with van der Waals surface area (Å²) in [5.74, 6) is 1.92. The SMILES string of the molecule is COc1cc2ccnc([C@@H](C)c3ccc(OC)c(OC)c3O)c2cc1OC. The Balaban J connectivity index is 2.18. The molecule has 27 heavy (non-hydrogen) atoms. The van der Waals surface area contributed by atoms with Crippen molar-refractivity contribution < 1.29 is 24.1 Å². The molecule has 0 aliphatic heterocycles. The van der Waals surface area contributed by atoms with E-state index in [-0.39, 0.29) is 11.7 Å². The number of aromatic hydroxyl groups is 1. The summed E-state index contributed by atoms with van der Waals surface area (Å²) >= 11 is 0. The highest BCUT2D eigenvalue weighted by Crippen LogP contribution is 2.44. The van der Waals surface area contributed by atoms with E-state index in [1.54, 1.807) is 26.5 Å². The van der Waals surface area contributed by atoms with Gasteiger partial charge in [0, 0.05) is 23.1 Å². The largest absolute Gasteiger partial charge is 0.504 e. The van der Waals surface area contributed by atoms with E-state index in [2.05, 4.69) is 4.98 Å². The number of hydrogen-bond donors (Lipinski definition) is 1. The van der Waals surface area contributed by atoms with Crippen LogP contribution in [0, 0.1) is 0 Å². The van der Waals surface area contributed by atoms with Crippen molar-refractivity contribution in [1.82, 2.24) is 4.98 Å². The first-order chi connectivity index (χ1) is 13.0. The lowest BCUT2D eigenvalue weighted by Gasteiger charge is -2.19. The van der Waals surface area contributed by atoms with Crippen molar-refractivity contribution in [1.29, 1.82) is 0 Å². The molecule has 0 aliphatic carbocycles. The molecule has 1 atom stereocenters. The summed E-state index contributed by atoms with van der Waals surface area (Å²) in [6.07, 6.45) is 1.75. The Morgan fingerprint density at radius 2 is 1.52 bits per heavy atom. The van der Waals surface area contributed by atoms with E-state index in [1.165, 1.54) is 14.2 Å². The molecular weight excluding hydrogens is 346 g/mol. The molecule has 0 unspecified atom stereocenters. The van der Waals surface area contributed by atoms with Crippen LogP contribution in [-0.2, 0) is 0 Å². The van der Waals surface area contributed by atoms with E-state index in [9.17, 15) is 5.11 Å². The Bertz CT molecular complexity index is 970. The Morgan fingerprint density at radius 1 is 0.852 bits per heavy atom. The maximum Gasteiger partial charge on any atom is 0.203 e. The lowest BCUT2D eigenvalue weighted by molar-refractivity contribution is 0.331. The van der Waals surface area contributed by atoms with Gasteiger partial charge in [-0.1, -0.05) is 13.0 Å². The zero-order chi connectivity index (χ0) is 19.6. The average molecular weight is 369 g/mol. The standard InChI is InChI=1S/C21H23NO5/c1-12(14-6-7-16(24-2)21(27-5)20(14)23)19-15-11-18(26-4)17(25-3)10-13(15)8-9-22-19/h6-12,23H,1-5H3/t12-/m0/s1. The summed E-state index contributed by atoms with van der Waals surface area (Å²) in [5.41, 5.74) is 1.51. The number of rotatable bonds is 6. The molecule has 0 bridgehead atoms. The summed E-state index contributed by atoms with van der Waals surface area (Å²) in [4.78, 5) is 4.57. The molecule has 1 aromatic heterocycles. The Labute approximate surface area is 158 Å². The molecule has 3 rings (SSSR count). The third-order valence-corrected chi connectivity index (χ3v) is 4.73. The topological polar surface area (TPSA) is 70.0 Å². The van der Waals surface area contributed by atoms with Crippen LogP contribution in [0.1, 0.15) is 24.1 Å². The average Bonchev–Trinajstić information content (AvgIpc) is 2.71. The first-order valence-electron chi connectivity index (χ1n) is 8.50. The molecule has 0 spiro atoms. The number of phenolic OH excluding ortho intramolecular Hbond substituents is 1. The fraction of sp³-hybridized carbons (Fsp3) is 0.286. The van der Waals surface area contributed by atoms with Crippen LogP contribution in [0.2, 0.25) is 0 Å². The third kappa shape index (κ3) is 3.18. The summed E-state index contributed by atoms with van der Waals surface area (Å²) in [7, 11) is 6.24. The summed E-state index contributed by atoms with van der Waals surface area (Å²) in [5, 5.41) is 12.6. The van der Waals surface area contributed by atoms with Gasteiger partial charge < -0.3 is 24.1 Å². The lowest BCUT2D eigenvalue weighted by atomic mass is 9.92. The van der Waals surface area contributed by atoms with Gasteiger partial charge in [0.1, 0.15) is 0 Å². The summed E-state index contributed by atoms with van der Waals surface area (Å²) in [6.45, 7) is 1.99. The van der Waals surface area contributed by atoms with Gasteiger partial charge in [-0.3, -0.25) is 4.98 Å². The number of aromatic nitrogens is 1. The molecule has 142 valence electrons. The molecule has 0 saturated heterocycles. The van der Waals surface area contributed by atoms with Crippen molar-refractivity contribution in [2.24, 2.45) is 0 Å². The first-order valence-corrected chi connectivity index (χ1v) is 8.50. The predicted molar refractivity (Wildman–Crippen MR) is 104 cm³/mol. The van der Waals surface area contributed by atoms with E-state index >= 15 is 0 Å². The smallest absolute Gasteiger partial charge is 0.203 e. The van der Waals surface area contributed by atoms with Crippen molar-refractivity contribution in [2.45, 2.75) is 12.8 Å². The molecule has 2 aromatic carbocycles. The van der Waals surface area contributed by atoms with Crippen LogP contribution in [0.25, 0.3) is 10.8 Å². The molecule has 0 saturated carbocycles. The maximum atomic E-state index is 10.7. The van der Waals surface area contributed by atoms with E-state index in [0.29, 0.717) is 28.6 Å². The number of phenols is 1. The number of ether oxygens (including phenoxy) is 4. The van der Waals surface area contributed by atoms with Crippen molar-refractivity contribution in [3.8, 4) is 28.7 Å². The quantitative estimate of drug-likeness (QED) is 0.705. The first kappa shape index (κ1) is 18.6.